The van der Waals surface area contributed by atoms with Gasteiger partial charge in [-0.2, -0.15) is 14.6 Å². The Hall–Kier alpha value is -2.73. The molecule has 0 spiro atoms. The summed E-state index contributed by atoms with van der Waals surface area (Å²) in [6, 6.07) is 14.9. The average molecular weight is 335 g/mol. The Bertz CT molecular complexity index is 957. The van der Waals surface area contributed by atoms with Crippen LogP contribution in [0, 0.1) is 13.8 Å². The Kier molecular flexibility index (Phi) is 3.74. The van der Waals surface area contributed by atoms with E-state index < -0.39 is 0 Å². The Morgan fingerprint density at radius 2 is 1.96 bits per heavy atom. The van der Waals surface area contributed by atoms with Gasteiger partial charge in [0.15, 0.2) is 0 Å². The molecule has 0 radical (unpaired) electrons. The minimum Gasteiger partial charge on any atom is -0.358 e. The number of rotatable bonds is 4. The van der Waals surface area contributed by atoms with Crippen LogP contribution in [-0.4, -0.2) is 19.6 Å². The van der Waals surface area contributed by atoms with Crippen molar-refractivity contribution >= 4 is 22.9 Å². The lowest BCUT2D eigenvalue weighted by atomic mass is 10.0. The molecule has 120 valence electrons. The minimum atomic E-state index is 0.0554. The second kappa shape index (κ2) is 6.05. The fraction of sp³-hybridized carbons (Fsp3) is 0.167. The van der Waals surface area contributed by atoms with Crippen molar-refractivity contribution in [2.45, 2.75) is 19.9 Å². The van der Waals surface area contributed by atoms with Crippen molar-refractivity contribution in [2.75, 3.05) is 5.32 Å². The normalized spacial score (nSPS) is 12.4. The zero-order valence-corrected chi connectivity index (χ0v) is 14.3. The van der Waals surface area contributed by atoms with Crippen LogP contribution in [0.15, 0.2) is 54.2 Å². The quantitative estimate of drug-likeness (QED) is 0.612. The second-order valence-corrected chi connectivity index (χ2v) is 6.74. The van der Waals surface area contributed by atoms with E-state index in [0.29, 0.717) is 5.78 Å². The maximum absolute atomic E-state index is 4.40. The Balaban J connectivity index is 1.79. The van der Waals surface area contributed by atoms with Crippen LogP contribution < -0.4 is 5.32 Å². The van der Waals surface area contributed by atoms with Gasteiger partial charge in [-0.05, 0) is 30.9 Å². The number of thiophene rings is 1. The van der Waals surface area contributed by atoms with Gasteiger partial charge in [0.2, 0.25) is 0 Å². The van der Waals surface area contributed by atoms with Crippen LogP contribution in [0.5, 0.6) is 0 Å². The van der Waals surface area contributed by atoms with Crippen LogP contribution in [-0.2, 0) is 0 Å². The molecule has 0 amide bonds. The van der Waals surface area contributed by atoms with Crippen molar-refractivity contribution in [2.24, 2.45) is 0 Å². The van der Waals surface area contributed by atoms with Crippen molar-refractivity contribution < 1.29 is 0 Å². The highest BCUT2D eigenvalue weighted by Gasteiger charge is 2.17. The standard InChI is InChI=1S/C18H17N5S/c1-12-5-7-14(8-6-12)17(15-4-3-9-24-15)22-16-10-13(2)21-18-19-11-20-23(16)18/h3-11,17,22H,1-2H3/t17-/m1/s1. The maximum atomic E-state index is 4.40. The molecule has 0 aliphatic carbocycles. The van der Waals surface area contributed by atoms with Gasteiger partial charge in [0.25, 0.3) is 5.78 Å². The zero-order chi connectivity index (χ0) is 16.5. The number of anilines is 1. The summed E-state index contributed by atoms with van der Waals surface area (Å²) in [6.45, 7) is 4.06. The number of nitrogens with zero attached hydrogens (tertiary/aromatic N) is 4. The second-order valence-electron chi connectivity index (χ2n) is 5.76. The molecule has 0 unspecified atom stereocenters. The van der Waals surface area contributed by atoms with Gasteiger partial charge in [-0.15, -0.1) is 11.3 Å². The van der Waals surface area contributed by atoms with E-state index >= 15 is 0 Å². The summed E-state index contributed by atoms with van der Waals surface area (Å²) >= 11 is 1.74. The van der Waals surface area contributed by atoms with Crippen molar-refractivity contribution in [3.8, 4) is 0 Å². The first-order valence-electron chi connectivity index (χ1n) is 7.74. The summed E-state index contributed by atoms with van der Waals surface area (Å²) in [5.74, 6) is 1.49. The van der Waals surface area contributed by atoms with Crippen molar-refractivity contribution in [1.29, 1.82) is 0 Å². The van der Waals surface area contributed by atoms with Gasteiger partial charge in [-0.1, -0.05) is 35.9 Å². The molecule has 3 heterocycles. The van der Waals surface area contributed by atoms with E-state index in [9.17, 15) is 0 Å². The topological polar surface area (TPSA) is 55.1 Å². The lowest BCUT2D eigenvalue weighted by Crippen LogP contribution is -2.14. The van der Waals surface area contributed by atoms with Crippen LogP contribution in [0.1, 0.15) is 27.7 Å². The molecule has 0 aliphatic heterocycles. The highest BCUT2D eigenvalue weighted by atomic mass is 32.1. The average Bonchev–Trinajstić information content (AvgIpc) is 3.24. The van der Waals surface area contributed by atoms with E-state index in [0.717, 1.165) is 11.5 Å². The molecule has 4 rings (SSSR count). The van der Waals surface area contributed by atoms with Crippen molar-refractivity contribution in [1.82, 2.24) is 19.6 Å². The van der Waals surface area contributed by atoms with Gasteiger partial charge in [0, 0.05) is 16.6 Å². The van der Waals surface area contributed by atoms with Crippen LogP contribution >= 0.6 is 11.3 Å². The lowest BCUT2D eigenvalue weighted by molar-refractivity contribution is 0.878. The molecule has 0 saturated heterocycles. The van der Waals surface area contributed by atoms with E-state index in [1.54, 1.807) is 15.9 Å². The number of hydrogen-bond donors (Lipinski definition) is 1. The molecule has 6 heteroatoms. The highest BCUT2D eigenvalue weighted by Crippen LogP contribution is 2.30. The smallest absolute Gasteiger partial charge is 0.254 e. The molecule has 1 N–H and O–H groups in total. The van der Waals surface area contributed by atoms with Crippen LogP contribution in [0.4, 0.5) is 5.82 Å². The summed E-state index contributed by atoms with van der Waals surface area (Å²) < 4.78 is 1.74. The third kappa shape index (κ3) is 2.76. The number of aromatic nitrogens is 4. The molecular formula is C18H17N5S. The number of nitrogens with one attached hydrogen (secondary N) is 1. The fourth-order valence-electron chi connectivity index (χ4n) is 2.71. The molecule has 5 nitrogen and oxygen atoms in total. The Labute approximate surface area is 144 Å². The lowest BCUT2D eigenvalue weighted by Gasteiger charge is -2.20. The molecular weight excluding hydrogens is 318 g/mol. The van der Waals surface area contributed by atoms with E-state index in [1.807, 2.05) is 13.0 Å². The minimum absolute atomic E-state index is 0.0554. The molecule has 24 heavy (non-hydrogen) atoms. The van der Waals surface area contributed by atoms with E-state index in [1.165, 1.54) is 22.3 Å². The van der Waals surface area contributed by atoms with Gasteiger partial charge in [0.1, 0.15) is 12.1 Å². The third-order valence-corrected chi connectivity index (χ3v) is 4.85. The van der Waals surface area contributed by atoms with Crippen molar-refractivity contribution in [3.05, 3.63) is 75.9 Å². The van der Waals surface area contributed by atoms with E-state index in [4.69, 9.17) is 0 Å². The van der Waals surface area contributed by atoms with Gasteiger partial charge >= 0.3 is 0 Å². The number of fused-ring (bicyclic) bond motifs is 1. The first-order valence-corrected chi connectivity index (χ1v) is 8.62. The summed E-state index contributed by atoms with van der Waals surface area (Å²) in [6.07, 6.45) is 1.53. The molecule has 1 aromatic carbocycles. The summed E-state index contributed by atoms with van der Waals surface area (Å²) in [7, 11) is 0. The van der Waals surface area contributed by atoms with E-state index in [-0.39, 0.29) is 6.04 Å². The molecule has 0 saturated carbocycles. The van der Waals surface area contributed by atoms with Crippen molar-refractivity contribution in [3.63, 3.8) is 0 Å². The third-order valence-electron chi connectivity index (χ3n) is 3.91. The number of hydrogen-bond acceptors (Lipinski definition) is 5. The molecule has 0 fully saturated rings. The summed E-state index contributed by atoms with van der Waals surface area (Å²) in [5, 5.41) is 10.0. The Morgan fingerprint density at radius 3 is 2.71 bits per heavy atom. The van der Waals surface area contributed by atoms with E-state index in [2.05, 4.69) is 69.1 Å². The van der Waals surface area contributed by atoms with Gasteiger partial charge in [-0.3, -0.25) is 0 Å². The molecule has 0 bridgehead atoms. The number of benzene rings is 1. The first-order chi connectivity index (χ1) is 11.7. The summed E-state index contributed by atoms with van der Waals surface area (Å²) in [4.78, 5) is 9.85. The Morgan fingerprint density at radius 1 is 1.12 bits per heavy atom. The maximum Gasteiger partial charge on any atom is 0.254 e. The zero-order valence-electron chi connectivity index (χ0n) is 13.5. The molecule has 3 aromatic heterocycles. The van der Waals surface area contributed by atoms with Gasteiger partial charge < -0.3 is 5.32 Å². The van der Waals surface area contributed by atoms with Gasteiger partial charge in [-0.25, -0.2) is 4.98 Å². The fourth-order valence-corrected chi connectivity index (χ4v) is 3.52. The predicted molar refractivity (Wildman–Crippen MR) is 96.5 cm³/mol. The SMILES string of the molecule is Cc1ccc([C@@H](Nc2cc(C)nc3ncnn23)c2cccs2)cc1. The number of aryl methyl sites for hydroxylation is 2. The van der Waals surface area contributed by atoms with Crippen LogP contribution in [0.3, 0.4) is 0 Å². The molecule has 0 aliphatic rings. The highest BCUT2D eigenvalue weighted by molar-refractivity contribution is 7.10. The summed E-state index contributed by atoms with van der Waals surface area (Å²) in [5.41, 5.74) is 3.37. The van der Waals surface area contributed by atoms with Gasteiger partial charge in [0.05, 0.1) is 6.04 Å². The molecule has 1 atom stereocenters. The molecule has 4 aromatic rings. The largest absolute Gasteiger partial charge is 0.358 e. The van der Waals surface area contributed by atoms with Crippen LogP contribution in [0.25, 0.3) is 5.78 Å². The predicted octanol–water partition coefficient (Wildman–Crippen LogP) is 4.00. The van der Waals surface area contributed by atoms with Crippen LogP contribution in [0.2, 0.25) is 0 Å². The first kappa shape index (κ1) is 14.8. The monoisotopic (exact) mass is 335 g/mol.